The zero-order valence-electron chi connectivity index (χ0n) is 15.0. The molecule has 1 unspecified atom stereocenters. The fraction of sp³-hybridized carbons (Fsp3) is 0.136. The van der Waals surface area contributed by atoms with Crippen LogP contribution in [0.5, 0.6) is 0 Å². The quantitative estimate of drug-likeness (QED) is 0.537. The number of ether oxygens (including phenoxy) is 1. The van der Waals surface area contributed by atoms with Crippen molar-refractivity contribution >= 4 is 29.1 Å². The Kier molecular flexibility index (Phi) is 7.73. The summed E-state index contributed by atoms with van der Waals surface area (Å²) in [4.78, 5) is 11.6. The van der Waals surface area contributed by atoms with Gasteiger partial charge in [0.2, 0.25) is 0 Å². The highest BCUT2D eigenvalue weighted by Crippen LogP contribution is 2.60. The standard InChI is InChI=1S/C22H21O3P.BrH/c1-25-22(17-21(23)24)26(18-11-5-2-6-12-18,19-13-7-3-8-14-19)20-15-9-4-10-16-20;/h2-16,22H,17H2,1H3;1H. The van der Waals surface area contributed by atoms with Gasteiger partial charge in [-0.05, 0) is 36.4 Å². The number of hydrogen-bond acceptors (Lipinski definition) is 2. The van der Waals surface area contributed by atoms with Gasteiger partial charge < -0.3 is 26.8 Å². The highest BCUT2D eigenvalue weighted by molar-refractivity contribution is 7.96. The molecule has 0 aromatic heterocycles. The molecular formula is C22H22BrO3P. The maximum atomic E-state index is 11.6. The first-order chi connectivity index (χ1) is 12.7. The van der Waals surface area contributed by atoms with Crippen molar-refractivity contribution in [2.45, 2.75) is 12.3 Å². The minimum absolute atomic E-state index is 0. The molecule has 3 aromatic rings. The predicted octanol–water partition coefficient (Wildman–Crippen LogP) is 0.432. The Labute approximate surface area is 171 Å². The molecule has 3 aromatic carbocycles. The van der Waals surface area contributed by atoms with Crippen LogP contribution in [0, 0.1) is 0 Å². The van der Waals surface area contributed by atoms with E-state index in [0.717, 1.165) is 15.9 Å². The van der Waals surface area contributed by atoms with Crippen molar-refractivity contribution in [1.82, 2.24) is 0 Å². The molecule has 1 N–H and O–H groups in total. The van der Waals surface area contributed by atoms with E-state index in [-0.39, 0.29) is 23.4 Å². The number of carbonyl (C=O) groups is 1. The van der Waals surface area contributed by atoms with Crippen LogP contribution >= 0.6 is 7.26 Å². The number of carboxylic acid groups (broad SMARTS) is 1. The Morgan fingerprint density at radius 3 is 1.41 bits per heavy atom. The largest absolute Gasteiger partial charge is 1.00 e. The van der Waals surface area contributed by atoms with Crippen LogP contribution in [0.25, 0.3) is 0 Å². The number of benzene rings is 3. The summed E-state index contributed by atoms with van der Waals surface area (Å²) < 4.78 is 5.86. The molecule has 0 heterocycles. The summed E-state index contributed by atoms with van der Waals surface area (Å²) in [6, 6.07) is 30.5. The lowest BCUT2D eigenvalue weighted by Crippen LogP contribution is -3.00. The van der Waals surface area contributed by atoms with Crippen LogP contribution < -0.4 is 32.9 Å². The molecule has 0 saturated carbocycles. The second kappa shape index (κ2) is 9.80. The molecule has 5 heteroatoms. The molecule has 1 atom stereocenters. The first kappa shape index (κ1) is 21.3. The molecule has 140 valence electrons. The number of hydrogen-bond donors (Lipinski definition) is 1. The molecule has 27 heavy (non-hydrogen) atoms. The van der Waals surface area contributed by atoms with Crippen LogP contribution in [0.4, 0.5) is 0 Å². The SMILES string of the molecule is COC(CC(=O)O)[P+](c1ccccc1)(c1ccccc1)c1ccccc1.[Br-]. The van der Waals surface area contributed by atoms with Crippen molar-refractivity contribution in [2.75, 3.05) is 7.11 Å². The van der Waals surface area contributed by atoms with Crippen molar-refractivity contribution in [3.63, 3.8) is 0 Å². The molecular weight excluding hydrogens is 423 g/mol. The summed E-state index contributed by atoms with van der Waals surface area (Å²) in [5.41, 5.74) is 0. The Morgan fingerprint density at radius 1 is 0.815 bits per heavy atom. The van der Waals surface area contributed by atoms with Crippen molar-refractivity contribution in [3.05, 3.63) is 91.0 Å². The number of halogens is 1. The van der Waals surface area contributed by atoms with E-state index in [9.17, 15) is 9.90 Å². The molecule has 3 rings (SSSR count). The third-order valence-corrected chi connectivity index (χ3v) is 9.14. The minimum atomic E-state index is -2.32. The third-order valence-electron chi connectivity index (χ3n) is 4.54. The van der Waals surface area contributed by atoms with E-state index in [4.69, 9.17) is 4.74 Å². The van der Waals surface area contributed by atoms with E-state index in [1.54, 1.807) is 7.11 Å². The van der Waals surface area contributed by atoms with Crippen LogP contribution in [-0.2, 0) is 9.53 Å². The highest BCUT2D eigenvalue weighted by atomic mass is 79.9. The van der Waals surface area contributed by atoms with E-state index in [1.165, 1.54) is 0 Å². The summed E-state index contributed by atoms with van der Waals surface area (Å²) in [7, 11) is -0.712. The van der Waals surface area contributed by atoms with Crippen molar-refractivity contribution < 1.29 is 31.6 Å². The molecule has 0 saturated heterocycles. The maximum Gasteiger partial charge on any atom is 0.309 e. The monoisotopic (exact) mass is 444 g/mol. The minimum Gasteiger partial charge on any atom is -1.00 e. The first-order valence-corrected chi connectivity index (χ1v) is 10.4. The number of aliphatic carboxylic acids is 1. The van der Waals surface area contributed by atoms with Gasteiger partial charge in [-0.25, -0.2) is 0 Å². The molecule has 0 amide bonds. The Morgan fingerprint density at radius 2 is 1.15 bits per heavy atom. The van der Waals surface area contributed by atoms with Gasteiger partial charge in [0.15, 0.2) is 5.85 Å². The molecule has 0 spiro atoms. The summed E-state index contributed by atoms with van der Waals surface area (Å²) in [5, 5.41) is 12.9. The average molecular weight is 445 g/mol. The first-order valence-electron chi connectivity index (χ1n) is 8.49. The average Bonchev–Trinajstić information content (AvgIpc) is 2.70. The smallest absolute Gasteiger partial charge is 0.309 e. The fourth-order valence-corrected chi connectivity index (χ4v) is 8.03. The zero-order valence-corrected chi connectivity index (χ0v) is 17.5. The zero-order chi connectivity index (χ0) is 18.4. The Bertz CT molecular complexity index is 745. The van der Waals surface area contributed by atoms with Gasteiger partial charge in [0, 0.05) is 7.11 Å². The van der Waals surface area contributed by atoms with Crippen molar-refractivity contribution in [2.24, 2.45) is 0 Å². The molecule has 0 aliphatic heterocycles. The van der Waals surface area contributed by atoms with Crippen LogP contribution in [0.2, 0.25) is 0 Å². The number of methoxy groups -OCH3 is 1. The van der Waals surface area contributed by atoms with Gasteiger partial charge in [0.1, 0.15) is 29.6 Å². The molecule has 0 radical (unpaired) electrons. The maximum absolute atomic E-state index is 11.6. The summed E-state index contributed by atoms with van der Waals surface area (Å²) >= 11 is 0. The summed E-state index contributed by atoms with van der Waals surface area (Å²) in [6.07, 6.45) is -0.0526. The van der Waals surface area contributed by atoms with Crippen LogP contribution in [-0.4, -0.2) is 24.0 Å². The van der Waals surface area contributed by atoms with Crippen molar-refractivity contribution in [1.29, 1.82) is 0 Å². The molecule has 0 bridgehead atoms. The number of carboxylic acids is 1. The van der Waals surface area contributed by atoms with Crippen LogP contribution in [0.15, 0.2) is 91.0 Å². The van der Waals surface area contributed by atoms with E-state index in [1.807, 2.05) is 54.6 Å². The third kappa shape index (κ3) is 4.30. The van der Waals surface area contributed by atoms with Crippen molar-refractivity contribution in [3.8, 4) is 0 Å². The van der Waals surface area contributed by atoms with Gasteiger partial charge in [-0.1, -0.05) is 54.6 Å². The van der Waals surface area contributed by atoms with Gasteiger partial charge in [-0.2, -0.15) is 0 Å². The van der Waals surface area contributed by atoms with Gasteiger partial charge >= 0.3 is 5.97 Å². The molecule has 0 aliphatic rings. The summed E-state index contributed by atoms with van der Waals surface area (Å²) in [5.74, 6) is -1.31. The van der Waals surface area contributed by atoms with Gasteiger partial charge in [-0.15, -0.1) is 0 Å². The Hall–Kier alpha value is -2.00. The van der Waals surface area contributed by atoms with E-state index >= 15 is 0 Å². The lowest BCUT2D eigenvalue weighted by atomic mass is 10.3. The van der Waals surface area contributed by atoms with Gasteiger partial charge in [0.05, 0.1) is 0 Å². The normalized spacial score (nSPS) is 12.0. The summed E-state index contributed by atoms with van der Waals surface area (Å²) in [6.45, 7) is 0. The van der Waals surface area contributed by atoms with E-state index in [0.29, 0.717) is 0 Å². The molecule has 0 aliphatic carbocycles. The lowest BCUT2D eigenvalue weighted by molar-refractivity contribution is -0.138. The molecule has 3 nitrogen and oxygen atoms in total. The second-order valence-electron chi connectivity index (χ2n) is 6.02. The van der Waals surface area contributed by atoms with E-state index < -0.39 is 19.1 Å². The second-order valence-corrected chi connectivity index (χ2v) is 9.59. The number of rotatable bonds is 7. The predicted molar refractivity (Wildman–Crippen MR) is 108 cm³/mol. The lowest BCUT2D eigenvalue weighted by Gasteiger charge is -2.33. The van der Waals surface area contributed by atoms with Crippen LogP contribution in [0.1, 0.15) is 6.42 Å². The Balaban J connectivity index is 0.00000261. The topological polar surface area (TPSA) is 46.5 Å². The van der Waals surface area contributed by atoms with E-state index in [2.05, 4.69) is 36.4 Å². The fourth-order valence-electron chi connectivity index (χ4n) is 3.46. The van der Waals surface area contributed by atoms with Gasteiger partial charge in [-0.3, -0.25) is 4.79 Å². The molecule has 0 fully saturated rings. The van der Waals surface area contributed by atoms with Gasteiger partial charge in [0.25, 0.3) is 0 Å². The highest BCUT2D eigenvalue weighted by Gasteiger charge is 2.53. The van der Waals surface area contributed by atoms with Crippen LogP contribution in [0.3, 0.4) is 0 Å².